The van der Waals surface area contributed by atoms with Crippen molar-refractivity contribution in [3.8, 4) is 5.75 Å². The number of fused-ring (bicyclic) bond motifs is 1. The number of anilines is 2. The fraction of sp³-hybridized carbons (Fsp3) is 0.417. The van der Waals surface area contributed by atoms with Crippen LogP contribution < -0.4 is 14.8 Å². The number of urea groups is 1. The van der Waals surface area contributed by atoms with Crippen LogP contribution in [0.2, 0.25) is 0 Å². The molecule has 0 saturated heterocycles. The first-order valence-corrected chi connectivity index (χ1v) is 13.2. The molecule has 10 nitrogen and oxygen atoms in total. The zero-order valence-electron chi connectivity index (χ0n) is 20.3. The van der Waals surface area contributed by atoms with E-state index in [1.165, 1.54) is 11.0 Å². The summed E-state index contributed by atoms with van der Waals surface area (Å²) in [6.45, 7) is 3.83. The molecule has 0 unspecified atom stereocenters. The van der Waals surface area contributed by atoms with Gasteiger partial charge in [0.05, 0.1) is 36.7 Å². The normalized spacial score (nSPS) is 19.0. The number of nitrogens with one attached hydrogen (secondary N) is 2. The minimum atomic E-state index is -3.66. The average molecular weight is 505 g/mol. The van der Waals surface area contributed by atoms with Gasteiger partial charge in [0.2, 0.25) is 10.0 Å². The first-order chi connectivity index (χ1) is 16.5. The summed E-state index contributed by atoms with van der Waals surface area (Å²) in [5.74, 6) is -0.537. The number of hydrogen-bond acceptors (Lipinski definition) is 6. The van der Waals surface area contributed by atoms with Gasteiger partial charge in [-0.2, -0.15) is 0 Å². The van der Waals surface area contributed by atoms with Crippen molar-refractivity contribution >= 4 is 33.3 Å². The first-order valence-electron chi connectivity index (χ1n) is 11.3. The Kier molecular flexibility index (Phi) is 8.23. The van der Waals surface area contributed by atoms with Crippen molar-refractivity contribution < 1.29 is 27.9 Å². The molecule has 1 heterocycles. The summed E-state index contributed by atoms with van der Waals surface area (Å²) in [5.41, 5.74) is 0.951. The van der Waals surface area contributed by atoms with Gasteiger partial charge >= 0.3 is 6.03 Å². The number of nitrogens with zero attached hydrogens (tertiary/aromatic N) is 2. The number of aliphatic hydroxyl groups is 1. The molecule has 11 heteroatoms. The molecular weight excluding hydrogens is 472 g/mol. The maximum Gasteiger partial charge on any atom is 0.321 e. The van der Waals surface area contributed by atoms with Gasteiger partial charge in [-0.25, -0.2) is 13.2 Å². The number of aliphatic hydroxyl groups excluding tert-OH is 1. The van der Waals surface area contributed by atoms with E-state index in [0.29, 0.717) is 5.69 Å². The van der Waals surface area contributed by atoms with Crippen molar-refractivity contribution in [2.24, 2.45) is 5.92 Å². The Labute approximate surface area is 205 Å². The van der Waals surface area contributed by atoms with Crippen LogP contribution in [-0.4, -0.2) is 80.4 Å². The molecule has 35 heavy (non-hydrogen) atoms. The largest absolute Gasteiger partial charge is 0.485 e. The van der Waals surface area contributed by atoms with Gasteiger partial charge in [0.15, 0.2) is 5.75 Å². The molecule has 3 N–H and O–H groups in total. The van der Waals surface area contributed by atoms with Gasteiger partial charge in [-0.1, -0.05) is 31.2 Å². The van der Waals surface area contributed by atoms with E-state index in [1.54, 1.807) is 43.1 Å². The minimum absolute atomic E-state index is 0.0893. The summed E-state index contributed by atoms with van der Waals surface area (Å²) in [4.78, 5) is 29.2. The Balaban J connectivity index is 1.95. The van der Waals surface area contributed by atoms with Gasteiger partial charge in [-0.15, -0.1) is 0 Å². The Morgan fingerprint density at radius 1 is 1.23 bits per heavy atom. The molecule has 0 aliphatic carbocycles. The van der Waals surface area contributed by atoms with Crippen molar-refractivity contribution in [3.63, 3.8) is 0 Å². The van der Waals surface area contributed by atoms with E-state index in [0.717, 1.165) is 6.26 Å². The van der Waals surface area contributed by atoms with Crippen LogP contribution in [0.5, 0.6) is 5.75 Å². The molecule has 0 bridgehead atoms. The number of carbonyl (C=O) groups excluding carboxylic acids is 2. The lowest BCUT2D eigenvalue weighted by Gasteiger charge is -2.38. The SMILES string of the molecule is C[C@H]1CN([C@@H](C)CO)C(=O)c2cccc(NS(C)(=O)=O)c2O[C@@H]1CN(C)C(=O)Nc1ccccc1. The molecule has 0 saturated carbocycles. The quantitative estimate of drug-likeness (QED) is 0.531. The van der Waals surface area contributed by atoms with Crippen LogP contribution in [0.25, 0.3) is 0 Å². The predicted octanol–water partition coefficient (Wildman–Crippen LogP) is 2.44. The Hall–Kier alpha value is -3.31. The monoisotopic (exact) mass is 504 g/mol. The topological polar surface area (TPSA) is 128 Å². The molecule has 1 aliphatic heterocycles. The summed E-state index contributed by atoms with van der Waals surface area (Å²) in [5, 5.41) is 12.6. The van der Waals surface area contributed by atoms with Crippen LogP contribution in [-0.2, 0) is 10.0 Å². The van der Waals surface area contributed by atoms with Crippen LogP contribution in [0.1, 0.15) is 24.2 Å². The van der Waals surface area contributed by atoms with Crippen molar-refractivity contribution in [3.05, 3.63) is 54.1 Å². The Bertz CT molecular complexity index is 1160. The molecular formula is C24H32N4O6S. The molecule has 3 rings (SSSR count). The molecule has 0 radical (unpaired) electrons. The molecule has 3 atom stereocenters. The summed E-state index contributed by atoms with van der Waals surface area (Å²) < 4.78 is 32.6. The third-order valence-electron chi connectivity index (χ3n) is 5.81. The van der Waals surface area contributed by atoms with E-state index in [9.17, 15) is 23.1 Å². The van der Waals surface area contributed by atoms with Gasteiger partial charge in [0.25, 0.3) is 5.91 Å². The summed E-state index contributed by atoms with van der Waals surface area (Å²) >= 11 is 0. The molecule has 3 amide bonds. The van der Waals surface area contributed by atoms with E-state index in [2.05, 4.69) is 10.0 Å². The van der Waals surface area contributed by atoms with E-state index in [4.69, 9.17) is 4.74 Å². The summed E-state index contributed by atoms with van der Waals surface area (Å²) in [7, 11) is -2.02. The van der Waals surface area contributed by atoms with Crippen LogP contribution in [0.15, 0.2) is 48.5 Å². The average Bonchev–Trinajstić information content (AvgIpc) is 2.80. The summed E-state index contributed by atoms with van der Waals surface area (Å²) in [6.07, 6.45) is 0.434. The maximum absolute atomic E-state index is 13.4. The molecule has 0 fully saturated rings. The Morgan fingerprint density at radius 3 is 2.54 bits per heavy atom. The fourth-order valence-corrected chi connectivity index (χ4v) is 4.39. The minimum Gasteiger partial charge on any atom is -0.485 e. The Morgan fingerprint density at radius 2 is 1.91 bits per heavy atom. The second-order valence-corrected chi connectivity index (χ2v) is 10.6. The number of benzene rings is 2. The second-order valence-electron chi connectivity index (χ2n) is 8.86. The molecule has 0 spiro atoms. The van der Waals surface area contributed by atoms with Gasteiger partial charge in [-0.3, -0.25) is 9.52 Å². The molecule has 2 aromatic carbocycles. The number of ether oxygens (including phenoxy) is 1. The smallest absolute Gasteiger partial charge is 0.321 e. The van der Waals surface area contributed by atoms with Gasteiger partial charge in [0.1, 0.15) is 6.10 Å². The highest BCUT2D eigenvalue weighted by atomic mass is 32.2. The number of sulfonamides is 1. The molecule has 190 valence electrons. The number of likely N-dealkylation sites (N-methyl/N-ethyl adjacent to an activating group) is 1. The summed E-state index contributed by atoms with van der Waals surface area (Å²) in [6, 6.07) is 12.9. The number of amides is 3. The van der Waals surface area contributed by atoms with E-state index >= 15 is 0 Å². The number of carbonyl (C=O) groups is 2. The lowest BCUT2D eigenvalue weighted by atomic mass is 9.99. The van der Waals surface area contributed by atoms with Gasteiger partial charge < -0.3 is 25.0 Å². The predicted molar refractivity (Wildman–Crippen MR) is 134 cm³/mol. The van der Waals surface area contributed by atoms with Crippen LogP contribution in [0, 0.1) is 5.92 Å². The second kappa shape index (κ2) is 11.0. The van der Waals surface area contributed by atoms with Crippen LogP contribution in [0.3, 0.4) is 0 Å². The van der Waals surface area contributed by atoms with Crippen LogP contribution in [0.4, 0.5) is 16.2 Å². The van der Waals surface area contributed by atoms with Gasteiger partial charge in [0, 0.05) is 25.2 Å². The third-order valence-corrected chi connectivity index (χ3v) is 6.40. The molecule has 1 aliphatic rings. The maximum atomic E-state index is 13.4. The standard InChI is InChI=1S/C24H32N4O6S/c1-16-13-28(17(2)15-29)23(30)19-11-8-12-20(26-35(4,32)33)22(19)34-21(16)14-27(3)24(31)25-18-9-6-5-7-10-18/h5-12,16-17,21,26,29H,13-15H2,1-4H3,(H,25,31)/t16-,17-,21+/m0/s1. The van der Waals surface area contributed by atoms with Crippen molar-refractivity contribution in [1.82, 2.24) is 9.80 Å². The van der Waals surface area contributed by atoms with E-state index in [1.807, 2.05) is 25.1 Å². The third kappa shape index (κ3) is 6.64. The van der Waals surface area contributed by atoms with E-state index in [-0.39, 0.29) is 54.6 Å². The zero-order chi connectivity index (χ0) is 25.8. The first kappa shape index (κ1) is 26.3. The lowest BCUT2D eigenvalue weighted by molar-refractivity contribution is 0.0373. The van der Waals surface area contributed by atoms with Crippen molar-refractivity contribution in [1.29, 1.82) is 0 Å². The van der Waals surface area contributed by atoms with Gasteiger partial charge in [-0.05, 0) is 31.2 Å². The number of para-hydroxylation sites is 2. The molecule has 2 aromatic rings. The van der Waals surface area contributed by atoms with Crippen LogP contribution >= 0.6 is 0 Å². The highest BCUT2D eigenvalue weighted by Gasteiger charge is 2.35. The lowest BCUT2D eigenvalue weighted by Crippen LogP contribution is -2.50. The number of rotatable bonds is 7. The highest BCUT2D eigenvalue weighted by Crippen LogP contribution is 2.35. The number of hydrogen-bond donors (Lipinski definition) is 3. The highest BCUT2D eigenvalue weighted by molar-refractivity contribution is 7.92. The molecule has 0 aromatic heterocycles. The zero-order valence-corrected chi connectivity index (χ0v) is 21.1. The fourth-order valence-electron chi connectivity index (χ4n) is 3.83. The van der Waals surface area contributed by atoms with Crippen molar-refractivity contribution in [2.75, 3.05) is 43.0 Å². The van der Waals surface area contributed by atoms with Crippen molar-refractivity contribution in [2.45, 2.75) is 26.0 Å². The van der Waals surface area contributed by atoms with E-state index < -0.39 is 22.2 Å².